The zero-order valence-electron chi connectivity index (χ0n) is 13.1. The molecule has 2 aliphatic heterocycles. The molecule has 2 amide bonds. The van der Waals surface area contributed by atoms with E-state index >= 15 is 0 Å². The Labute approximate surface area is 136 Å². The summed E-state index contributed by atoms with van der Waals surface area (Å²) in [5.41, 5.74) is 2.15. The van der Waals surface area contributed by atoms with Crippen molar-refractivity contribution in [2.45, 2.75) is 31.4 Å². The molecule has 1 N–H and O–H groups in total. The lowest BCUT2D eigenvalue weighted by atomic mass is 9.86. The first-order valence-corrected chi connectivity index (χ1v) is 7.67. The number of halogens is 3. The number of piperidine rings is 1. The molecule has 0 aromatic heterocycles. The molecule has 3 rings (SSSR count). The van der Waals surface area contributed by atoms with E-state index in [0.29, 0.717) is 24.3 Å². The molecule has 1 aromatic rings. The van der Waals surface area contributed by atoms with Crippen molar-refractivity contribution in [1.82, 2.24) is 4.90 Å². The summed E-state index contributed by atoms with van der Waals surface area (Å²) in [5.74, 6) is -1.67. The summed E-state index contributed by atoms with van der Waals surface area (Å²) in [6.07, 6.45) is -3.52. The van der Waals surface area contributed by atoms with Gasteiger partial charge in [-0.25, -0.2) is 0 Å². The molecule has 2 heterocycles. The van der Waals surface area contributed by atoms with Crippen molar-refractivity contribution >= 4 is 17.5 Å². The Hall–Kier alpha value is -2.25. The zero-order valence-corrected chi connectivity index (χ0v) is 13.1. The molecule has 1 aromatic carbocycles. The standard InChI is InChI=1S/C16H17F3N2O3/c1-24-12-5-4-10(11-7-13(22)20-14(11)12)9-3-2-6-21(8-9)15(23)16(17,18)19/h4-5,9H,2-3,6-8H2,1H3,(H,20,22). The number of hydrogen-bond donors (Lipinski definition) is 1. The first kappa shape index (κ1) is 16.6. The number of carbonyl (C=O) groups excluding carboxylic acids is 2. The third-order valence-corrected chi connectivity index (χ3v) is 4.52. The number of fused-ring (bicyclic) bond motifs is 1. The average molecular weight is 342 g/mol. The molecule has 24 heavy (non-hydrogen) atoms. The van der Waals surface area contributed by atoms with Crippen molar-refractivity contribution in [2.24, 2.45) is 0 Å². The number of methoxy groups -OCH3 is 1. The minimum atomic E-state index is -4.86. The lowest BCUT2D eigenvalue weighted by Crippen LogP contribution is -2.45. The first-order chi connectivity index (χ1) is 11.3. The molecule has 0 radical (unpaired) electrons. The van der Waals surface area contributed by atoms with E-state index in [0.717, 1.165) is 16.0 Å². The maximum Gasteiger partial charge on any atom is 0.471 e. The van der Waals surface area contributed by atoms with Crippen molar-refractivity contribution in [3.8, 4) is 5.75 Å². The summed E-state index contributed by atoms with van der Waals surface area (Å²) < 4.78 is 43.2. The highest BCUT2D eigenvalue weighted by molar-refractivity contribution is 6.01. The smallest absolute Gasteiger partial charge is 0.471 e. The van der Waals surface area contributed by atoms with Crippen LogP contribution in [-0.4, -0.2) is 43.1 Å². The van der Waals surface area contributed by atoms with Gasteiger partial charge in [-0.2, -0.15) is 13.2 Å². The monoisotopic (exact) mass is 342 g/mol. The molecule has 1 unspecified atom stereocenters. The molecule has 1 saturated heterocycles. The summed E-state index contributed by atoms with van der Waals surface area (Å²) in [6, 6.07) is 3.48. The van der Waals surface area contributed by atoms with E-state index in [1.807, 2.05) is 0 Å². The molecule has 0 aliphatic carbocycles. The Kier molecular flexibility index (Phi) is 4.15. The summed E-state index contributed by atoms with van der Waals surface area (Å²) in [4.78, 5) is 24.1. The van der Waals surface area contributed by atoms with E-state index in [9.17, 15) is 22.8 Å². The van der Waals surface area contributed by atoms with Gasteiger partial charge in [0.05, 0.1) is 19.2 Å². The van der Waals surface area contributed by atoms with E-state index < -0.39 is 12.1 Å². The van der Waals surface area contributed by atoms with Gasteiger partial charge in [-0.05, 0) is 30.0 Å². The molecular weight excluding hydrogens is 325 g/mol. The number of anilines is 1. The summed E-state index contributed by atoms with van der Waals surface area (Å²) in [7, 11) is 1.49. The van der Waals surface area contributed by atoms with Crippen LogP contribution in [0.1, 0.15) is 29.9 Å². The molecule has 130 valence electrons. The van der Waals surface area contributed by atoms with Gasteiger partial charge in [0, 0.05) is 19.0 Å². The van der Waals surface area contributed by atoms with Gasteiger partial charge in [0.1, 0.15) is 5.75 Å². The fourth-order valence-electron chi connectivity index (χ4n) is 3.46. The van der Waals surface area contributed by atoms with Crippen LogP contribution < -0.4 is 10.1 Å². The first-order valence-electron chi connectivity index (χ1n) is 7.67. The highest BCUT2D eigenvalue weighted by atomic mass is 19.4. The SMILES string of the molecule is COc1ccc(C2CCCN(C(=O)C(F)(F)F)C2)c2c1NC(=O)C2. The summed E-state index contributed by atoms with van der Waals surface area (Å²) >= 11 is 0. The number of rotatable bonds is 2. The van der Waals surface area contributed by atoms with Crippen LogP contribution >= 0.6 is 0 Å². The van der Waals surface area contributed by atoms with E-state index in [-0.39, 0.29) is 31.3 Å². The van der Waals surface area contributed by atoms with Gasteiger partial charge in [0.2, 0.25) is 5.91 Å². The van der Waals surface area contributed by atoms with Crippen LogP contribution in [0, 0.1) is 0 Å². The lowest BCUT2D eigenvalue weighted by molar-refractivity contribution is -0.186. The van der Waals surface area contributed by atoms with E-state index in [1.165, 1.54) is 7.11 Å². The van der Waals surface area contributed by atoms with Crippen LogP contribution in [-0.2, 0) is 16.0 Å². The number of likely N-dealkylation sites (tertiary alicyclic amines) is 1. The Morgan fingerprint density at radius 3 is 2.79 bits per heavy atom. The summed E-state index contributed by atoms with van der Waals surface area (Å²) in [6.45, 7) is 0.107. The van der Waals surface area contributed by atoms with Gasteiger partial charge in [0.15, 0.2) is 0 Å². The second-order valence-electron chi connectivity index (χ2n) is 6.02. The van der Waals surface area contributed by atoms with Gasteiger partial charge >= 0.3 is 12.1 Å². The van der Waals surface area contributed by atoms with E-state index in [4.69, 9.17) is 4.74 Å². The van der Waals surface area contributed by atoms with Gasteiger partial charge in [-0.15, -0.1) is 0 Å². The number of hydrogen-bond acceptors (Lipinski definition) is 3. The lowest BCUT2D eigenvalue weighted by Gasteiger charge is -2.34. The van der Waals surface area contributed by atoms with Crippen molar-refractivity contribution in [2.75, 3.05) is 25.5 Å². The molecule has 0 bridgehead atoms. The van der Waals surface area contributed by atoms with Crippen molar-refractivity contribution < 1.29 is 27.5 Å². The number of amides is 2. The number of alkyl halides is 3. The average Bonchev–Trinajstić information content (AvgIpc) is 2.93. The number of nitrogens with zero attached hydrogens (tertiary/aromatic N) is 1. The predicted molar refractivity (Wildman–Crippen MR) is 79.9 cm³/mol. The second kappa shape index (κ2) is 5.99. The molecule has 0 spiro atoms. The second-order valence-corrected chi connectivity index (χ2v) is 6.02. The third kappa shape index (κ3) is 2.92. The third-order valence-electron chi connectivity index (χ3n) is 4.52. The van der Waals surface area contributed by atoms with Crippen LogP contribution in [0.25, 0.3) is 0 Å². The minimum Gasteiger partial charge on any atom is -0.495 e. The van der Waals surface area contributed by atoms with E-state index in [1.54, 1.807) is 12.1 Å². The molecule has 2 aliphatic rings. The molecule has 8 heteroatoms. The zero-order chi connectivity index (χ0) is 17.5. The Morgan fingerprint density at radius 1 is 1.38 bits per heavy atom. The Bertz CT molecular complexity index is 688. The van der Waals surface area contributed by atoms with Crippen LogP contribution in [0.3, 0.4) is 0 Å². The largest absolute Gasteiger partial charge is 0.495 e. The van der Waals surface area contributed by atoms with Crippen molar-refractivity contribution in [3.05, 3.63) is 23.3 Å². The topological polar surface area (TPSA) is 58.6 Å². The molecule has 1 atom stereocenters. The fourth-order valence-corrected chi connectivity index (χ4v) is 3.46. The van der Waals surface area contributed by atoms with Crippen LogP contribution in [0.2, 0.25) is 0 Å². The maximum atomic E-state index is 12.7. The number of carbonyl (C=O) groups is 2. The van der Waals surface area contributed by atoms with Gasteiger partial charge in [0.25, 0.3) is 0 Å². The number of nitrogens with one attached hydrogen (secondary N) is 1. The maximum absolute atomic E-state index is 12.7. The van der Waals surface area contributed by atoms with Crippen LogP contribution in [0.15, 0.2) is 12.1 Å². The van der Waals surface area contributed by atoms with Gasteiger partial charge in [-0.3, -0.25) is 9.59 Å². The quantitative estimate of drug-likeness (QED) is 0.898. The van der Waals surface area contributed by atoms with Crippen LogP contribution in [0.5, 0.6) is 5.75 Å². The number of benzene rings is 1. The highest BCUT2D eigenvalue weighted by Crippen LogP contribution is 2.40. The highest BCUT2D eigenvalue weighted by Gasteiger charge is 2.44. The van der Waals surface area contributed by atoms with Gasteiger partial charge < -0.3 is 15.0 Å². The van der Waals surface area contributed by atoms with E-state index in [2.05, 4.69) is 5.32 Å². The molecule has 1 fully saturated rings. The van der Waals surface area contributed by atoms with Crippen molar-refractivity contribution in [3.63, 3.8) is 0 Å². The number of ether oxygens (including phenoxy) is 1. The Balaban J connectivity index is 1.89. The van der Waals surface area contributed by atoms with Crippen molar-refractivity contribution in [1.29, 1.82) is 0 Å². The normalized spacial score (nSPS) is 20.6. The molecular formula is C16H17F3N2O3. The fraction of sp³-hybridized carbons (Fsp3) is 0.500. The minimum absolute atomic E-state index is 0.00526. The molecule has 5 nitrogen and oxygen atoms in total. The summed E-state index contributed by atoms with van der Waals surface area (Å²) in [5, 5.41) is 2.73. The predicted octanol–water partition coefficient (Wildman–Crippen LogP) is 2.46. The van der Waals surface area contributed by atoms with Crippen LogP contribution in [0.4, 0.5) is 18.9 Å². The van der Waals surface area contributed by atoms with Gasteiger partial charge in [-0.1, -0.05) is 6.07 Å². The Morgan fingerprint density at radius 2 is 2.12 bits per heavy atom. The molecule has 0 saturated carbocycles.